The zero-order valence-electron chi connectivity index (χ0n) is 19.2. The van der Waals surface area contributed by atoms with E-state index < -0.39 is 0 Å². The first-order valence-corrected chi connectivity index (χ1v) is 11.4. The Labute approximate surface area is 191 Å². The van der Waals surface area contributed by atoms with E-state index in [9.17, 15) is 9.90 Å². The molecule has 7 nitrogen and oxygen atoms in total. The predicted molar refractivity (Wildman–Crippen MR) is 131 cm³/mol. The van der Waals surface area contributed by atoms with Crippen LogP contribution in [-0.2, 0) is 4.79 Å². The predicted octanol–water partition coefficient (Wildman–Crippen LogP) is 2.56. The zero-order chi connectivity index (χ0) is 22.8. The summed E-state index contributed by atoms with van der Waals surface area (Å²) in [5.41, 5.74) is 1.66. The molecule has 1 aromatic carbocycles. The molecule has 1 aliphatic rings. The van der Waals surface area contributed by atoms with Gasteiger partial charge >= 0.3 is 0 Å². The van der Waals surface area contributed by atoms with Gasteiger partial charge in [0.05, 0.1) is 18.0 Å². The second kappa shape index (κ2) is 12.3. The first-order valence-electron chi connectivity index (χ1n) is 11.4. The summed E-state index contributed by atoms with van der Waals surface area (Å²) in [4.78, 5) is 23.5. The molecule has 0 radical (unpaired) electrons. The maximum absolute atomic E-state index is 12.1. The number of β-amino-alcohol motifs (C(OH)–C–C–N with tert-alkyl or cyclic N) is 1. The second-order valence-corrected chi connectivity index (χ2v) is 8.07. The van der Waals surface area contributed by atoms with Crippen LogP contribution in [0.1, 0.15) is 19.4 Å². The summed E-state index contributed by atoms with van der Waals surface area (Å²) in [6.07, 6.45) is 4.69. The smallest absolute Gasteiger partial charge is 0.248 e. The van der Waals surface area contributed by atoms with Gasteiger partial charge in [-0.25, -0.2) is 4.98 Å². The standard InChI is InChI=1S/C25H35N5O2/c1-3-28(4-2)19-23(31)20-29-14-16-30(17-15-29)24-12-11-22(18-26-24)27-25(32)13-10-21-8-6-5-7-9-21/h5-13,18,23,31H,3-4,14-17,19-20H2,1-2H3,(H,27,32)/b13-10+. The molecule has 2 aromatic rings. The van der Waals surface area contributed by atoms with Gasteiger partial charge in [-0.2, -0.15) is 0 Å². The minimum atomic E-state index is -0.321. The van der Waals surface area contributed by atoms with Crippen LogP contribution in [0.4, 0.5) is 11.5 Å². The van der Waals surface area contributed by atoms with E-state index in [4.69, 9.17) is 0 Å². The third kappa shape index (κ3) is 7.44. The number of benzene rings is 1. The lowest BCUT2D eigenvalue weighted by molar-refractivity contribution is -0.111. The van der Waals surface area contributed by atoms with Crippen molar-refractivity contribution < 1.29 is 9.90 Å². The van der Waals surface area contributed by atoms with Crippen LogP contribution in [0.5, 0.6) is 0 Å². The molecular formula is C25H35N5O2. The van der Waals surface area contributed by atoms with Crippen molar-refractivity contribution in [3.8, 4) is 0 Å². The van der Waals surface area contributed by atoms with Gasteiger partial charge in [0.2, 0.25) is 5.91 Å². The minimum absolute atomic E-state index is 0.180. The number of aromatic nitrogens is 1. The summed E-state index contributed by atoms with van der Waals surface area (Å²) in [5, 5.41) is 13.2. The molecule has 32 heavy (non-hydrogen) atoms. The normalized spacial score (nSPS) is 15.9. The van der Waals surface area contributed by atoms with Gasteiger partial charge in [0.1, 0.15) is 5.82 Å². The van der Waals surface area contributed by atoms with Gasteiger partial charge in [-0.05, 0) is 36.9 Å². The molecule has 0 aliphatic carbocycles. The van der Waals surface area contributed by atoms with Gasteiger partial charge in [-0.1, -0.05) is 44.2 Å². The topological polar surface area (TPSA) is 71.9 Å². The average Bonchev–Trinajstić information content (AvgIpc) is 2.83. The van der Waals surface area contributed by atoms with E-state index in [0.717, 1.165) is 57.2 Å². The maximum atomic E-state index is 12.1. The Morgan fingerprint density at radius 3 is 2.47 bits per heavy atom. The molecular weight excluding hydrogens is 402 g/mol. The fourth-order valence-electron chi connectivity index (χ4n) is 3.86. The van der Waals surface area contributed by atoms with Crippen LogP contribution in [0.2, 0.25) is 0 Å². The van der Waals surface area contributed by atoms with Gasteiger partial charge < -0.3 is 20.2 Å². The summed E-state index contributed by atoms with van der Waals surface area (Å²) >= 11 is 0. The van der Waals surface area contributed by atoms with Crippen LogP contribution in [-0.4, -0.2) is 84.3 Å². The molecule has 1 amide bonds. The van der Waals surface area contributed by atoms with Gasteiger partial charge in [0.25, 0.3) is 0 Å². The van der Waals surface area contributed by atoms with Crippen LogP contribution in [0.15, 0.2) is 54.7 Å². The molecule has 1 saturated heterocycles. The molecule has 1 unspecified atom stereocenters. The summed E-state index contributed by atoms with van der Waals surface area (Å²) in [5.74, 6) is 0.728. The molecule has 7 heteroatoms. The van der Waals surface area contributed by atoms with Gasteiger partial charge in [0.15, 0.2) is 0 Å². The number of rotatable bonds is 10. The van der Waals surface area contributed by atoms with E-state index >= 15 is 0 Å². The van der Waals surface area contributed by atoms with Crippen molar-refractivity contribution in [2.75, 3.05) is 62.6 Å². The number of carbonyl (C=O) groups is 1. The molecule has 0 bridgehead atoms. The number of pyridine rings is 1. The van der Waals surface area contributed by atoms with E-state index in [0.29, 0.717) is 12.2 Å². The van der Waals surface area contributed by atoms with Gasteiger partial charge in [-0.15, -0.1) is 0 Å². The Hall–Kier alpha value is -2.74. The number of hydrogen-bond acceptors (Lipinski definition) is 6. The molecule has 1 aromatic heterocycles. The summed E-state index contributed by atoms with van der Waals surface area (Å²) in [7, 11) is 0. The lowest BCUT2D eigenvalue weighted by Gasteiger charge is -2.36. The SMILES string of the molecule is CCN(CC)CC(O)CN1CCN(c2ccc(NC(=O)/C=C/c3ccccc3)cn2)CC1. The van der Waals surface area contributed by atoms with Crippen molar-refractivity contribution >= 4 is 23.5 Å². The van der Waals surface area contributed by atoms with E-state index in [2.05, 4.69) is 38.8 Å². The number of likely N-dealkylation sites (N-methyl/N-ethyl adjacent to an activating group) is 1. The Kier molecular flexibility index (Phi) is 9.22. The highest BCUT2D eigenvalue weighted by molar-refractivity contribution is 6.01. The van der Waals surface area contributed by atoms with E-state index in [1.54, 1.807) is 12.3 Å². The fraction of sp³-hybridized carbons (Fsp3) is 0.440. The highest BCUT2D eigenvalue weighted by atomic mass is 16.3. The first-order chi connectivity index (χ1) is 15.6. The van der Waals surface area contributed by atoms with Crippen molar-refractivity contribution in [1.29, 1.82) is 0 Å². The Bertz CT molecular complexity index is 844. The molecule has 2 heterocycles. The maximum Gasteiger partial charge on any atom is 0.248 e. The minimum Gasteiger partial charge on any atom is -0.390 e. The lowest BCUT2D eigenvalue weighted by atomic mass is 10.2. The number of aliphatic hydroxyl groups is 1. The van der Waals surface area contributed by atoms with Crippen molar-refractivity contribution in [2.24, 2.45) is 0 Å². The average molecular weight is 438 g/mol. The van der Waals surface area contributed by atoms with E-state index in [1.807, 2.05) is 42.5 Å². The van der Waals surface area contributed by atoms with E-state index in [1.165, 1.54) is 6.08 Å². The van der Waals surface area contributed by atoms with Crippen molar-refractivity contribution in [3.63, 3.8) is 0 Å². The number of hydrogen-bond donors (Lipinski definition) is 2. The second-order valence-electron chi connectivity index (χ2n) is 8.07. The first kappa shape index (κ1) is 23.9. The van der Waals surface area contributed by atoms with Crippen molar-refractivity contribution in [1.82, 2.24) is 14.8 Å². The molecule has 2 N–H and O–H groups in total. The number of piperazine rings is 1. The van der Waals surface area contributed by atoms with Crippen LogP contribution >= 0.6 is 0 Å². The molecule has 1 aliphatic heterocycles. The highest BCUT2D eigenvalue weighted by Gasteiger charge is 2.21. The quantitative estimate of drug-likeness (QED) is 0.557. The number of nitrogens with one attached hydrogen (secondary N) is 1. The molecule has 172 valence electrons. The van der Waals surface area contributed by atoms with E-state index in [-0.39, 0.29) is 12.0 Å². The lowest BCUT2D eigenvalue weighted by Crippen LogP contribution is -2.50. The van der Waals surface area contributed by atoms with Crippen molar-refractivity contribution in [3.05, 3.63) is 60.3 Å². The van der Waals surface area contributed by atoms with Crippen molar-refractivity contribution in [2.45, 2.75) is 20.0 Å². The third-order valence-corrected chi connectivity index (χ3v) is 5.77. The van der Waals surface area contributed by atoms with Crippen LogP contribution in [0, 0.1) is 0 Å². The largest absolute Gasteiger partial charge is 0.390 e. The summed E-state index contributed by atoms with van der Waals surface area (Å²) < 4.78 is 0. The third-order valence-electron chi connectivity index (χ3n) is 5.77. The number of amides is 1. The highest BCUT2D eigenvalue weighted by Crippen LogP contribution is 2.16. The zero-order valence-corrected chi connectivity index (χ0v) is 19.2. The number of carbonyl (C=O) groups excluding carboxylic acids is 1. The number of aliphatic hydroxyl groups excluding tert-OH is 1. The Morgan fingerprint density at radius 2 is 1.84 bits per heavy atom. The van der Waals surface area contributed by atoms with Gasteiger partial charge in [-0.3, -0.25) is 9.69 Å². The molecule has 0 saturated carbocycles. The molecule has 1 atom stereocenters. The summed E-state index contributed by atoms with van der Waals surface area (Å²) in [6, 6.07) is 13.6. The molecule has 0 spiro atoms. The fourth-order valence-corrected chi connectivity index (χ4v) is 3.86. The number of nitrogens with zero attached hydrogens (tertiary/aromatic N) is 4. The molecule has 3 rings (SSSR count). The summed E-state index contributed by atoms with van der Waals surface area (Å²) in [6.45, 7) is 11.2. The Morgan fingerprint density at radius 1 is 1.12 bits per heavy atom. The van der Waals surface area contributed by atoms with Gasteiger partial charge in [0, 0.05) is 45.3 Å². The van der Waals surface area contributed by atoms with Crippen LogP contribution < -0.4 is 10.2 Å². The van der Waals surface area contributed by atoms with Crippen LogP contribution in [0.25, 0.3) is 6.08 Å². The van der Waals surface area contributed by atoms with Crippen LogP contribution in [0.3, 0.4) is 0 Å². The Balaban J connectivity index is 1.43. The monoisotopic (exact) mass is 437 g/mol. The molecule has 1 fully saturated rings. The number of anilines is 2.